The standard InChI is InChI=1S/C26H31N7O/c1-18-21-10-5-6-11-22(21)26(31-30-18)28-15-7-14-27-17-25(34)29-24-16-23(19-12-13-19)32-33(24)20-8-3-2-4-9-20/h2-6,8,10-11,16,19-20,27,30H,1,7,9,12-15,17H2,(H,28,31)(H,29,34). The van der Waals surface area contributed by atoms with Crippen LogP contribution < -0.4 is 21.5 Å². The van der Waals surface area contributed by atoms with Gasteiger partial charge in [0.2, 0.25) is 5.91 Å². The molecular weight excluding hydrogens is 426 g/mol. The number of carbonyl (C=O) groups is 1. The van der Waals surface area contributed by atoms with Gasteiger partial charge in [0.15, 0.2) is 0 Å². The lowest BCUT2D eigenvalue weighted by atomic mass is 10.0. The molecule has 176 valence electrons. The average Bonchev–Trinajstić information content (AvgIpc) is 3.63. The minimum atomic E-state index is -0.0595. The Hall–Kier alpha value is -3.65. The van der Waals surface area contributed by atoms with Gasteiger partial charge in [-0.2, -0.15) is 5.10 Å². The zero-order chi connectivity index (χ0) is 23.3. The molecule has 0 bridgehead atoms. The van der Waals surface area contributed by atoms with Gasteiger partial charge < -0.3 is 10.6 Å². The first kappa shape index (κ1) is 22.2. The Morgan fingerprint density at radius 2 is 2.06 bits per heavy atom. The van der Waals surface area contributed by atoms with Crippen molar-refractivity contribution in [1.82, 2.24) is 25.9 Å². The van der Waals surface area contributed by atoms with E-state index in [0.717, 1.165) is 47.0 Å². The second kappa shape index (κ2) is 10.1. The van der Waals surface area contributed by atoms with Crippen LogP contribution in [0.25, 0.3) is 5.70 Å². The minimum absolute atomic E-state index is 0.0595. The molecule has 1 atom stereocenters. The lowest BCUT2D eigenvalue weighted by Gasteiger charge is -2.23. The number of hydrogen-bond acceptors (Lipinski definition) is 5. The number of rotatable bonds is 9. The molecule has 8 heteroatoms. The first-order valence-electron chi connectivity index (χ1n) is 12.0. The molecule has 34 heavy (non-hydrogen) atoms. The van der Waals surface area contributed by atoms with Crippen LogP contribution in [-0.4, -0.2) is 41.2 Å². The molecule has 3 aliphatic rings. The molecule has 2 heterocycles. The molecule has 1 aromatic carbocycles. The predicted molar refractivity (Wildman–Crippen MR) is 135 cm³/mol. The first-order valence-corrected chi connectivity index (χ1v) is 12.0. The molecule has 0 radical (unpaired) electrons. The second-order valence-electron chi connectivity index (χ2n) is 8.87. The number of aromatic nitrogens is 2. The van der Waals surface area contributed by atoms with Crippen LogP contribution in [0.15, 0.2) is 66.2 Å². The van der Waals surface area contributed by atoms with Crippen LogP contribution in [0.1, 0.15) is 54.5 Å². The van der Waals surface area contributed by atoms with Gasteiger partial charge in [0, 0.05) is 29.7 Å². The van der Waals surface area contributed by atoms with Crippen LogP contribution in [0.4, 0.5) is 5.82 Å². The molecule has 0 saturated heterocycles. The number of aliphatic imine (C=N–C) groups is 1. The van der Waals surface area contributed by atoms with Gasteiger partial charge in [0.05, 0.1) is 24.0 Å². The fourth-order valence-corrected chi connectivity index (χ4v) is 4.22. The number of amidine groups is 1. The third kappa shape index (κ3) is 5.12. The van der Waals surface area contributed by atoms with Crippen molar-refractivity contribution in [2.75, 3.05) is 25.0 Å². The molecular formula is C26H31N7O. The summed E-state index contributed by atoms with van der Waals surface area (Å²) in [6, 6.07) is 10.2. The van der Waals surface area contributed by atoms with E-state index in [0.29, 0.717) is 19.0 Å². The van der Waals surface area contributed by atoms with Crippen LogP contribution in [0.3, 0.4) is 0 Å². The van der Waals surface area contributed by atoms with E-state index in [9.17, 15) is 4.79 Å². The van der Waals surface area contributed by atoms with Gasteiger partial charge in [-0.25, -0.2) is 4.68 Å². The van der Waals surface area contributed by atoms with E-state index < -0.39 is 0 Å². The normalized spacial score (nSPS) is 20.1. The van der Waals surface area contributed by atoms with E-state index >= 15 is 0 Å². The number of fused-ring (bicyclic) bond motifs is 1. The molecule has 1 saturated carbocycles. The van der Waals surface area contributed by atoms with E-state index in [4.69, 9.17) is 5.10 Å². The molecule has 1 fully saturated rings. The molecule has 5 rings (SSSR count). The maximum absolute atomic E-state index is 12.6. The van der Waals surface area contributed by atoms with E-state index in [1.807, 2.05) is 47.2 Å². The average molecular weight is 458 g/mol. The van der Waals surface area contributed by atoms with Crippen LogP contribution in [0.5, 0.6) is 0 Å². The lowest BCUT2D eigenvalue weighted by Crippen LogP contribution is -2.41. The maximum atomic E-state index is 12.6. The molecule has 1 aromatic heterocycles. The summed E-state index contributed by atoms with van der Waals surface area (Å²) in [5, 5.41) is 11.1. The van der Waals surface area contributed by atoms with E-state index in [-0.39, 0.29) is 18.5 Å². The topological polar surface area (TPSA) is 95.4 Å². The summed E-state index contributed by atoms with van der Waals surface area (Å²) in [4.78, 5) is 17.3. The van der Waals surface area contributed by atoms with Gasteiger partial charge in [0.25, 0.3) is 0 Å². The number of hydrazine groups is 1. The van der Waals surface area contributed by atoms with Crippen molar-refractivity contribution in [3.63, 3.8) is 0 Å². The minimum Gasteiger partial charge on any atom is -0.310 e. The molecule has 8 nitrogen and oxygen atoms in total. The summed E-state index contributed by atoms with van der Waals surface area (Å²) in [5.74, 6) is 2.07. The lowest BCUT2D eigenvalue weighted by molar-refractivity contribution is -0.115. The number of amides is 1. The molecule has 1 unspecified atom stereocenters. The van der Waals surface area contributed by atoms with Crippen LogP contribution in [0.2, 0.25) is 0 Å². The van der Waals surface area contributed by atoms with Crippen molar-refractivity contribution in [2.45, 2.75) is 37.6 Å². The van der Waals surface area contributed by atoms with E-state index in [1.165, 1.54) is 12.8 Å². The Balaban J connectivity index is 1.09. The Labute approximate surface area is 199 Å². The SMILES string of the molecule is C=C1NNC(=NCCCNCC(=O)Nc2cc(C3CC3)nn2C2C=CC=CC2)c2ccccc21. The second-order valence-corrected chi connectivity index (χ2v) is 8.87. The summed E-state index contributed by atoms with van der Waals surface area (Å²) in [6.45, 7) is 5.62. The first-order chi connectivity index (χ1) is 16.7. The van der Waals surface area contributed by atoms with Gasteiger partial charge in [-0.05, 0) is 32.2 Å². The predicted octanol–water partition coefficient (Wildman–Crippen LogP) is 3.26. The number of anilines is 1. The Kier molecular flexibility index (Phi) is 6.58. The molecule has 2 aromatic rings. The Morgan fingerprint density at radius 1 is 1.21 bits per heavy atom. The highest BCUT2D eigenvalue weighted by molar-refractivity contribution is 6.04. The Morgan fingerprint density at radius 3 is 2.85 bits per heavy atom. The van der Waals surface area contributed by atoms with Gasteiger partial charge in [-0.15, -0.1) is 0 Å². The van der Waals surface area contributed by atoms with Gasteiger partial charge in [-0.3, -0.25) is 20.6 Å². The number of benzene rings is 1. The van der Waals surface area contributed by atoms with Crippen LogP contribution in [0, 0.1) is 0 Å². The summed E-state index contributed by atoms with van der Waals surface area (Å²) >= 11 is 0. The fraction of sp³-hybridized carbons (Fsp3) is 0.346. The summed E-state index contributed by atoms with van der Waals surface area (Å²) in [5.41, 5.74) is 10.2. The zero-order valence-corrected chi connectivity index (χ0v) is 19.3. The highest BCUT2D eigenvalue weighted by atomic mass is 16.2. The smallest absolute Gasteiger partial charge is 0.239 e. The van der Waals surface area contributed by atoms with Gasteiger partial charge in [-0.1, -0.05) is 55.1 Å². The number of allylic oxidation sites excluding steroid dienone is 4. The van der Waals surface area contributed by atoms with E-state index in [2.05, 4.69) is 45.2 Å². The largest absolute Gasteiger partial charge is 0.310 e. The van der Waals surface area contributed by atoms with Gasteiger partial charge in [0.1, 0.15) is 11.7 Å². The van der Waals surface area contributed by atoms with Crippen molar-refractivity contribution in [2.24, 2.45) is 4.99 Å². The molecule has 2 aliphatic carbocycles. The third-order valence-corrected chi connectivity index (χ3v) is 6.20. The quantitative estimate of drug-likeness (QED) is 0.434. The van der Waals surface area contributed by atoms with Crippen molar-refractivity contribution >= 4 is 23.3 Å². The monoisotopic (exact) mass is 457 g/mol. The maximum Gasteiger partial charge on any atom is 0.239 e. The summed E-state index contributed by atoms with van der Waals surface area (Å²) in [7, 11) is 0. The third-order valence-electron chi connectivity index (χ3n) is 6.20. The van der Waals surface area contributed by atoms with Crippen molar-refractivity contribution in [3.8, 4) is 0 Å². The van der Waals surface area contributed by atoms with E-state index in [1.54, 1.807) is 0 Å². The number of hydrogen-bond donors (Lipinski definition) is 4. The highest BCUT2D eigenvalue weighted by Gasteiger charge is 2.28. The van der Waals surface area contributed by atoms with Crippen molar-refractivity contribution in [3.05, 3.63) is 78.0 Å². The Bertz CT molecular complexity index is 1160. The van der Waals surface area contributed by atoms with Crippen LogP contribution in [-0.2, 0) is 4.79 Å². The molecule has 1 aliphatic heterocycles. The highest BCUT2D eigenvalue weighted by Crippen LogP contribution is 2.40. The van der Waals surface area contributed by atoms with Gasteiger partial charge >= 0.3 is 0 Å². The van der Waals surface area contributed by atoms with Crippen LogP contribution >= 0.6 is 0 Å². The summed E-state index contributed by atoms with van der Waals surface area (Å²) in [6.07, 6.45) is 12.4. The fourth-order valence-electron chi connectivity index (χ4n) is 4.22. The molecule has 4 N–H and O–H groups in total. The summed E-state index contributed by atoms with van der Waals surface area (Å²) < 4.78 is 1.96. The number of carbonyl (C=O) groups excluding carboxylic acids is 1. The van der Waals surface area contributed by atoms with Crippen molar-refractivity contribution in [1.29, 1.82) is 0 Å². The zero-order valence-electron chi connectivity index (χ0n) is 19.3. The molecule has 0 spiro atoms. The van der Waals surface area contributed by atoms with Crippen molar-refractivity contribution < 1.29 is 4.79 Å². The molecule has 1 amide bonds. The number of nitrogens with zero attached hydrogens (tertiary/aromatic N) is 3. The number of nitrogens with one attached hydrogen (secondary N) is 4.